The van der Waals surface area contributed by atoms with Crippen LogP contribution in [0.1, 0.15) is 26.7 Å². The molecule has 0 spiro atoms. The third kappa shape index (κ3) is 1.09. The van der Waals surface area contributed by atoms with Gasteiger partial charge in [-0.05, 0) is 37.3 Å². The first-order chi connectivity index (χ1) is 7.28. The second-order valence-corrected chi connectivity index (χ2v) is 5.12. The Morgan fingerprint density at radius 2 is 2.07 bits per heavy atom. The number of nitrogens with zero attached hydrogens (tertiary/aromatic N) is 1. The van der Waals surface area contributed by atoms with Crippen molar-refractivity contribution in [2.45, 2.75) is 32.2 Å². The summed E-state index contributed by atoms with van der Waals surface area (Å²) >= 11 is 0. The second-order valence-electron chi connectivity index (χ2n) is 5.12. The molecule has 1 unspecified atom stereocenters. The molecule has 3 atom stereocenters. The molecule has 0 radical (unpaired) electrons. The van der Waals surface area contributed by atoms with Gasteiger partial charge in [-0.3, -0.25) is 0 Å². The molecule has 1 nitrogen and oxygen atoms in total. The van der Waals surface area contributed by atoms with E-state index >= 15 is 0 Å². The van der Waals surface area contributed by atoms with E-state index < -0.39 is 0 Å². The van der Waals surface area contributed by atoms with Gasteiger partial charge in [0.1, 0.15) is 0 Å². The van der Waals surface area contributed by atoms with Crippen LogP contribution in [0.25, 0.3) is 0 Å². The number of fused-ring (bicyclic) bond motifs is 1. The molecule has 1 heteroatoms. The smallest absolute Gasteiger partial charge is 0.0437 e. The van der Waals surface area contributed by atoms with Gasteiger partial charge < -0.3 is 4.90 Å². The molecule has 1 aromatic rings. The first-order valence-corrected chi connectivity index (χ1v) is 6.11. The Bertz CT molecular complexity index is 353. The predicted molar refractivity (Wildman–Crippen MR) is 64.1 cm³/mol. The fraction of sp³-hybridized carbons (Fsp3) is 0.571. The summed E-state index contributed by atoms with van der Waals surface area (Å²) in [5.74, 6) is 1.90. The lowest BCUT2D eigenvalue weighted by molar-refractivity contribution is 0.566. The van der Waals surface area contributed by atoms with E-state index in [0.717, 1.165) is 11.8 Å². The lowest BCUT2D eigenvalue weighted by Gasteiger charge is -2.29. The van der Waals surface area contributed by atoms with E-state index in [9.17, 15) is 0 Å². The van der Waals surface area contributed by atoms with Crippen LogP contribution in [0.3, 0.4) is 0 Å². The molecule has 0 bridgehead atoms. The molecule has 1 saturated carbocycles. The standard InChI is InChI=1S/C14H19N/c1-3-12-13-9-10-15(14(12,13)2)11-7-5-4-6-8-11/h4-8,12-13H,3,9-10H2,1-2H3/t12-,13+,14?/m1/s1. The topological polar surface area (TPSA) is 3.24 Å². The van der Waals surface area contributed by atoms with E-state index in [2.05, 4.69) is 49.1 Å². The molecule has 2 aliphatic rings. The van der Waals surface area contributed by atoms with Crippen LogP contribution in [0.15, 0.2) is 30.3 Å². The van der Waals surface area contributed by atoms with Crippen molar-refractivity contribution in [2.75, 3.05) is 11.4 Å². The quantitative estimate of drug-likeness (QED) is 0.709. The Morgan fingerprint density at radius 1 is 1.33 bits per heavy atom. The van der Waals surface area contributed by atoms with Gasteiger partial charge in [-0.25, -0.2) is 0 Å². The van der Waals surface area contributed by atoms with Gasteiger partial charge in [0, 0.05) is 17.8 Å². The SMILES string of the molecule is CC[C@@H]1[C@@H]2CCN(c3ccccc3)C12C. The highest BCUT2D eigenvalue weighted by Crippen LogP contribution is 2.62. The summed E-state index contributed by atoms with van der Waals surface area (Å²) < 4.78 is 0. The fourth-order valence-corrected chi connectivity index (χ4v) is 3.80. The molecule has 0 N–H and O–H groups in total. The molecule has 1 aromatic carbocycles. The number of piperidine rings is 1. The van der Waals surface area contributed by atoms with Crippen LogP contribution in [-0.4, -0.2) is 12.1 Å². The average molecular weight is 201 g/mol. The molecule has 1 aliphatic heterocycles. The normalized spacial score (nSPS) is 37.9. The molecule has 0 amide bonds. The Kier molecular flexibility index (Phi) is 1.86. The highest BCUT2D eigenvalue weighted by molar-refractivity contribution is 5.54. The van der Waals surface area contributed by atoms with Gasteiger partial charge in [-0.15, -0.1) is 0 Å². The lowest BCUT2D eigenvalue weighted by atomic mass is 10.1. The third-order valence-electron chi connectivity index (χ3n) is 4.63. The zero-order valence-corrected chi connectivity index (χ0v) is 9.61. The predicted octanol–water partition coefficient (Wildman–Crippen LogP) is 3.31. The Balaban J connectivity index is 1.90. The molecule has 3 rings (SSSR count). The van der Waals surface area contributed by atoms with E-state index in [1.165, 1.54) is 25.1 Å². The second kappa shape index (κ2) is 3.01. The van der Waals surface area contributed by atoms with Gasteiger partial charge in [0.25, 0.3) is 0 Å². The third-order valence-corrected chi connectivity index (χ3v) is 4.63. The van der Waals surface area contributed by atoms with Gasteiger partial charge in [0.15, 0.2) is 0 Å². The number of rotatable bonds is 2. The number of benzene rings is 1. The molecule has 1 heterocycles. The summed E-state index contributed by atoms with van der Waals surface area (Å²) in [6.07, 6.45) is 2.73. The summed E-state index contributed by atoms with van der Waals surface area (Å²) in [7, 11) is 0. The Labute approximate surface area is 92.1 Å². The largest absolute Gasteiger partial charge is 0.366 e. The Hall–Kier alpha value is -0.980. The van der Waals surface area contributed by atoms with Gasteiger partial charge in [0.05, 0.1) is 0 Å². The zero-order valence-electron chi connectivity index (χ0n) is 9.61. The van der Waals surface area contributed by atoms with Crippen molar-refractivity contribution in [2.24, 2.45) is 11.8 Å². The van der Waals surface area contributed by atoms with Crippen LogP contribution in [0.5, 0.6) is 0 Å². The number of hydrogen-bond acceptors (Lipinski definition) is 1. The minimum Gasteiger partial charge on any atom is -0.366 e. The minimum atomic E-state index is 0.482. The van der Waals surface area contributed by atoms with E-state index in [4.69, 9.17) is 0 Å². The van der Waals surface area contributed by atoms with Gasteiger partial charge >= 0.3 is 0 Å². The molecular weight excluding hydrogens is 182 g/mol. The summed E-state index contributed by atoms with van der Waals surface area (Å²) in [6.45, 7) is 6.03. The van der Waals surface area contributed by atoms with Gasteiger partial charge in [-0.2, -0.15) is 0 Å². The molecule has 2 fully saturated rings. The lowest BCUT2D eigenvalue weighted by Crippen LogP contribution is -2.34. The van der Waals surface area contributed by atoms with Crippen molar-refractivity contribution in [3.8, 4) is 0 Å². The van der Waals surface area contributed by atoms with Crippen molar-refractivity contribution >= 4 is 5.69 Å². The van der Waals surface area contributed by atoms with E-state index in [0.29, 0.717) is 5.54 Å². The van der Waals surface area contributed by atoms with E-state index in [1.54, 1.807) is 0 Å². The van der Waals surface area contributed by atoms with E-state index in [-0.39, 0.29) is 0 Å². The van der Waals surface area contributed by atoms with Crippen molar-refractivity contribution < 1.29 is 0 Å². The number of hydrogen-bond donors (Lipinski definition) is 0. The minimum absolute atomic E-state index is 0.482. The van der Waals surface area contributed by atoms with Crippen LogP contribution in [0, 0.1) is 11.8 Å². The number of para-hydroxylation sites is 1. The maximum atomic E-state index is 2.63. The fourth-order valence-electron chi connectivity index (χ4n) is 3.80. The van der Waals surface area contributed by atoms with Crippen LogP contribution < -0.4 is 4.90 Å². The van der Waals surface area contributed by atoms with Crippen LogP contribution in [0.4, 0.5) is 5.69 Å². The van der Waals surface area contributed by atoms with E-state index in [1.807, 2.05) is 0 Å². The van der Waals surface area contributed by atoms with Crippen LogP contribution in [-0.2, 0) is 0 Å². The van der Waals surface area contributed by atoms with Crippen LogP contribution >= 0.6 is 0 Å². The first kappa shape index (κ1) is 9.26. The summed E-state index contributed by atoms with van der Waals surface area (Å²) in [4.78, 5) is 2.63. The molecule has 80 valence electrons. The van der Waals surface area contributed by atoms with Crippen molar-refractivity contribution in [1.82, 2.24) is 0 Å². The molecular formula is C14H19N. The number of anilines is 1. The molecule has 1 aliphatic carbocycles. The van der Waals surface area contributed by atoms with Gasteiger partial charge in [0.2, 0.25) is 0 Å². The van der Waals surface area contributed by atoms with Gasteiger partial charge in [-0.1, -0.05) is 31.5 Å². The average Bonchev–Trinajstić information content (AvgIpc) is 2.70. The van der Waals surface area contributed by atoms with Crippen molar-refractivity contribution in [3.63, 3.8) is 0 Å². The summed E-state index contributed by atoms with van der Waals surface area (Å²) in [5.41, 5.74) is 1.90. The maximum Gasteiger partial charge on any atom is 0.0437 e. The highest BCUT2D eigenvalue weighted by Gasteiger charge is 2.66. The molecule has 1 saturated heterocycles. The van der Waals surface area contributed by atoms with Crippen LogP contribution in [0.2, 0.25) is 0 Å². The van der Waals surface area contributed by atoms with Crippen molar-refractivity contribution in [1.29, 1.82) is 0 Å². The monoisotopic (exact) mass is 201 g/mol. The molecule has 0 aromatic heterocycles. The zero-order chi connectivity index (χ0) is 10.5. The molecule has 15 heavy (non-hydrogen) atoms. The van der Waals surface area contributed by atoms with Crippen molar-refractivity contribution in [3.05, 3.63) is 30.3 Å². The Morgan fingerprint density at radius 3 is 2.67 bits per heavy atom. The first-order valence-electron chi connectivity index (χ1n) is 6.11. The summed E-state index contributed by atoms with van der Waals surface area (Å²) in [5, 5.41) is 0. The highest BCUT2D eigenvalue weighted by atomic mass is 15.3. The maximum absolute atomic E-state index is 2.63. The summed E-state index contributed by atoms with van der Waals surface area (Å²) in [6, 6.07) is 10.9.